The molecule has 2 heterocycles. The standard InChI is InChI=1S/C32H22O2/c1-3-11-23(12-4-1)31-21-25(27-15-7-9-17-29(27)33-31)19-20-26-22-32(24-13-5-2-6-14-24)34-30-18-10-8-16-28(26)30/h1-22H/q+2/b20-19+. The second kappa shape index (κ2) is 8.76. The molecule has 2 heteroatoms. The first-order chi connectivity index (χ1) is 16.8. The molecule has 160 valence electrons. The van der Waals surface area contributed by atoms with E-state index in [1.54, 1.807) is 0 Å². The van der Waals surface area contributed by atoms with Gasteiger partial charge in [0.05, 0.1) is 34.0 Å². The molecular weight excluding hydrogens is 416 g/mol. The van der Waals surface area contributed by atoms with Crippen molar-refractivity contribution in [2.75, 3.05) is 0 Å². The highest BCUT2D eigenvalue weighted by Crippen LogP contribution is 2.32. The number of rotatable bonds is 4. The molecule has 4 aromatic carbocycles. The van der Waals surface area contributed by atoms with Crippen molar-refractivity contribution >= 4 is 34.1 Å². The maximum absolute atomic E-state index is 6.24. The zero-order valence-electron chi connectivity index (χ0n) is 18.5. The lowest BCUT2D eigenvalue weighted by Crippen LogP contribution is -1.85. The summed E-state index contributed by atoms with van der Waals surface area (Å²) >= 11 is 0. The zero-order valence-corrected chi connectivity index (χ0v) is 18.5. The Morgan fingerprint density at radius 3 is 1.24 bits per heavy atom. The normalized spacial score (nSPS) is 11.4. The smallest absolute Gasteiger partial charge is 0.207 e. The zero-order chi connectivity index (χ0) is 22.7. The third kappa shape index (κ3) is 3.87. The molecular formula is C32H22O2+2. The fraction of sp³-hybridized carbons (Fsp3) is 0. The Labute approximate surface area is 198 Å². The lowest BCUT2D eigenvalue weighted by atomic mass is 10.0. The van der Waals surface area contributed by atoms with Gasteiger partial charge in [-0.15, -0.1) is 0 Å². The van der Waals surface area contributed by atoms with Crippen LogP contribution in [0, 0.1) is 0 Å². The van der Waals surface area contributed by atoms with Crippen LogP contribution in [-0.2, 0) is 0 Å². The second-order valence-corrected chi connectivity index (χ2v) is 8.19. The van der Waals surface area contributed by atoms with Gasteiger partial charge < -0.3 is 0 Å². The van der Waals surface area contributed by atoms with Crippen molar-refractivity contribution in [3.8, 4) is 22.6 Å². The van der Waals surface area contributed by atoms with Crippen molar-refractivity contribution in [1.29, 1.82) is 0 Å². The van der Waals surface area contributed by atoms with E-state index in [-0.39, 0.29) is 0 Å². The Hall–Kier alpha value is -4.56. The van der Waals surface area contributed by atoms with Gasteiger partial charge in [-0.25, -0.2) is 8.83 Å². The highest BCUT2D eigenvalue weighted by molar-refractivity contribution is 5.95. The highest BCUT2D eigenvalue weighted by Gasteiger charge is 2.19. The summed E-state index contributed by atoms with van der Waals surface area (Å²) in [5.74, 6) is 1.69. The number of fused-ring (bicyclic) bond motifs is 2. The van der Waals surface area contributed by atoms with Crippen LogP contribution in [0.5, 0.6) is 0 Å². The fourth-order valence-electron chi connectivity index (χ4n) is 4.27. The summed E-state index contributed by atoms with van der Waals surface area (Å²) in [4.78, 5) is 0. The summed E-state index contributed by atoms with van der Waals surface area (Å²) in [5.41, 5.74) is 6.04. The molecule has 0 saturated heterocycles. The van der Waals surface area contributed by atoms with Crippen LogP contribution in [0.2, 0.25) is 0 Å². The van der Waals surface area contributed by atoms with Crippen molar-refractivity contribution < 1.29 is 8.83 Å². The number of hydrogen-bond donors (Lipinski definition) is 0. The molecule has 0 atom stereocenters. The summed E-state index contributed by atoms with van der Waals surface area (Å²) < 4.78 is 12.5. The minimum Gasteiger partial charge on any atom is -0.207 e. The molecule has 0 radical (unpaired) electrons. The molecule has 0 saturated carbocycles. The molecule has 0 N–H and O–H groups in total. The van der Waals surface area contributed by atoms with Crippen LogP contribution in [0.3, 0.4) is 0 Å². The first kappa shape index (κ1) is 20.1. The Balaban J connectivity index is 1.51. The van der Waals surface area contributed by atoms with Gasteiger partial charge in [-0.1, -0.05) is 72.8 Å². The van der Waals surface area contributed by atoms with E-state index in [4.69, 9.17) is 8.83 Å². The SMILES string of the molecule is C(=C\c1cc(-c2ccccc2)[o+]c2ccccc12)/c1cc(-c2ccccc2)[o+]c2ccccc12. The topological polar surface area (TPSA) is 22.6 Å². The van der Waals surface area contributed by atoms with Crippen LogP contribution in [0.25, 0.3) is 56.7 Å². The molecule has 0 aliphatic heterocycles. The molecule has 0 amide bonds. The molecule has 34 heavy (non-hydrogen) atoms. The van der Waals surface area contributed by atoms with Crippen molar-refractivity contribution in [1.82, 2.24) is 0 Å². The molecule has 0 fully saturated rings. The first-order valence-electron chi connectivity index (χ1n) is 11.4. The van der Waals surface area contributed by atoms with Crippen molar-refractivity contribution in [2.45, 2.75) is 0 Å². The van der Waals surface area contributed by atoms with Crippen molar-refractivity contribution in [3.63, 3.8) is 0 Å². The second-order valence-electron chi connectivity index (χ2n) is 8.19. The van der Waals surface area contributed by atoms with E-state index in [1.807, 2.05) is 72.8 Å². The molecule has 2 nitrogen and oxygen atoms in total. The number of hydrogen-bond acceptors (Lipinski definition) is 0. The summed E-state index contributed by atoms with van der Waals surface area (Å²) in [6, 6.07) is 41.0. The van der Waals surface area contributed by atoms with Gasteiger partial charge in [-0.2, -0.15) is 0 Å². The average molecular weight is 439 g/mol. The van der Waals surface area contributed by atoms with E-state index in [0.717, 1.165) is 55.7 Å². The largest absolute Gasteiger partial charge is 0.361 e. The Morgan fingerprint density at radius 2 is 0.794 bits per heavy atom. The van der Waals surface area contributed by atoms with Gasteiger partial charge >= 0.3 is 22.7 Å². The molecule has 0 unspecified atom stereocenters. The third-order valence-electron chi connectivity index (χ3n) is 5.97. The number of benzene rings is 4. The van der Waals surface area contributed by atoms with E-state index in [1.165, 1.54) is 0 Å². The van der Waals surface area contributed by atoms with Gasteiger partial charge in [0.25, 0.3) is 0 Å². The van der Waals surface area contributed by atoms with Crippen LogP contribution in [0.15, 0.2) is 130 Å². The van der Waals surface area contributed by atoms with Crippen LogP contribution in [0.4, 0.5) is 0 Å². The van der Waals surface area contributed by atoms with Gasteiger partial charge in [-0.05, 0) is 36.4 Å². The number of para-hydroxylation sites is 2. The van der Waals surface area contributed by atoms with Gasteiger partial charge in [-0.3, -0.25) is 0 Å². The van der Waals surface area contributed by atoms with E-state index < -0.39 is 0 Å². The predicted molar refractivity (Wildman–Crippen MR) is 141 cm³/mol. The monoisotopic (exact) mass is 438 g/mol. The fourth-order valence-corrected chi connectivity index (χ4v) is 4.27. The van der Waals surface area contributed by atoms with Crippen LogP contribution in [-0.4, -0.2) is 0 Å². The summed E-state index contributed by atoms with van der Waals surface area (Å²) in [6.45, 7) is 0. The van der Waals surface area contributed by atoms with Gasteiger partial charge in [0.1, 0.15) is 0 Å². The van der Waals surface area contributed by atoms with Gasteiger partial charge in [0.15, 0.2) is 0 Å². The molecule has 0 aliphatic rings. The Morgan fingerprint density at radius 1 is 0.412 bits per heavy atom. The van der Waals surface area contributed by atoms with E-state index in [0.29, 0.717) is 0 Å². The molecule has 6 aromatic rings. The molecule has 6 rings (SSSR count). The van der Waals surface area contributed by atoms with Crippen molar-refractivity contribution in [3.05, 3.63) is 132 Å². The highest BCUT2D eigenvalue weighted by atomic mass is 16.3. The predicted octanol–water partition coefficient (Wildman–Crippen LogP) is 9.25. The summed E-state index contributed by atoms with van der Waals surface area (Å²) in [6.07, 6.45) is 4.34. The van der Waals surface area contributed by atoms with E-state index in [9.17, 15) is 0 Å². The summed E-state index contributed by atoms with van der Waals surface area (Å²) in [7, 11) is 0. The quantitative estimate of drug-likeness (QED) is 0.256. The van der Waals surface area contributed by atoms with E-state index in [2.05, 4.69) is 60.7 Å². The van der Waals surface area contributed by atoms with Gasteiger partial charge in [0, 0.05) is 23.3 Å². The first-order valence-corrected chi connectivity index (χ1v) is 11.4. The lowest BCUT2D eigenvalue weighted by Gasteiger charge is -2.00. The van der Waals surface area contributed by atoms with Crippen LogP contribution in [0.1, 0.15) is 11.1 Å². The van der Waals surface area contributed by atoms with Crippen molar-refractivity contribution in [2.24, 2.45) is 0 Å². The average Bonchev–Trinajstić information content (AvgIpc) is 2.92. The molecule has 0 bridgehead atoms. The molecule has 2 aromatic heterocycles. The molecule has 0 spiro atoms. The molecule has 0 aliphatic carbocycles. The minimum atomic E-state index is 0.844. The van der Waals surface area contributed by atoms with Gasteiger partial charge in [0.2, 0.25) is 0 Å². The minimum absolute atomic E-state index is 0.844. The van der Waals surface area contributed by atoms with Crippen LogP contribution < -0.4 is 0 Å². The Bertz CT molecular complexity index is 1510. The maximum atomic E-state index is 6.24. The summed E-state index contributed by atoms with van der Waals surface area (Å²) in [5, 5.41) is 2.15. The maximum Gasteiger partial charge on any atom is 0.361 e. The third-order valence-corrected chi connectivity index (χ3v) is 5.97. The lowest BCUT2D eigenvalue weighted by molar-refractivity contribution is 0.619. The van der Waals surface area contributed by atoms with Crippen LogP contribution >= 0.6 is 0 Å². The van der Waals surface area contributed by atoms with E-state index >= 15 is 0 Å². The Kier molecular flexibility index (Phi) is 5.17.